The van der Waals surface area contributed by atoms with E-state index in [0.717, 1.165) is 25.4 Å². The lowest BCUT2D eigenvalue weighted by atomic mass is 10.1. The van der Waals surface area contributed by atoms with Gasteiger partial charge >= 0.3 is 0 Å². The Morgan fingerprint density at radius 2 is 2.42 bits per heavy atom. The molecule has 2 heteroatoms. The number of rotatable bonds is 1. The molecule has 0 saturated carbocycles. The maximum absolute atomic E-state index is 5.38. The second kappa shape index (κ2) is 3.97. The second-order valence-corrected chi connectivity index (χ2v) is 3.78. The minimum absolute atomic E-state index is 0.788. The van der Waals surface area contributed by atoms with E-state index in [9.17, 15) is 0 Å². The van der Waals surface area contributed by atoms with E-state index in [4.69, 9.17) is 4.74 Å². The highest BCUT2D eigenvalue weighted by Crippen LogP contribution is 2.23. The molecule has 0 amide bonds. The van der Waals surface area contributed by atoms with Crippen LogP contribution in [0.25, 0.3) is 0 Å². The number of allylic oxidation sites excluding steroid dienone is 1. The fourth-order valence-corrected chi connectivity index (χ4v) is 2.06. The van der Waals surface area contributed by atoms with Gasteiger partial charge in [0.25, 0.3) is 0 Å². The van der Waals surface area contributed by atoms with Gasteiger partial charge in [0.1, 0.15) is 0 Å². The molecule has 2 aliphatic rings. The summed E-state index contributed by atoms with van der Waals surface area (Å²) in [6.07, 6.45) is 7.74. The maximum Gasteiger partial charge on any atom is 0.0719 e. The molecule has 0 aromatic heterocycles. The third-order valence-corrected chi connectivity index (χ3v) is 2.79. The molecular formula is C10H12OS. The van der Waals surface area contributed by atoms with Crippen LogP contribution >= 0.6 is 11.8 Å². The highest BCUT2D eigenvalue weighted by molar-refractivity contribution is 8.02. The fourth-order valence-electron chi connectivity index (χ4n) is 1.35. The quantitative estimate of drug-likeness (QED) is 0.613. The Kier molecular flexibility index (Phi) is 2.69. The monoisotopic (exact) mass is 180 g/mol. The summed E-state index contributed by atoms with van der Waals surface area (Å²) in [6.45, 7) is 1.67. The molecule has 0 N–H and O–H groups in total. The zero-order valence-electron chi connectivity index (χ0n) is 6.95. The van der Waals surface area contributed by atoms with Crippen molar-refractivity contribution in [3.05, 3.63) is 34.8 Å². The molecule has 0 aromatic carbocycles. The largest absolute Gasteiger partial charge is 0.376 e. The Hall–Kier alpha value is -0.470. The Morgan fingerprint density at radius 1 is 1.42 bits per heavy atom. The van der Waals surface area contributed by atoms with Crippen molar-refractivity contribution in [2.24, 2.45) is 0 Å². The van der Waals surface area contributed by atoms with Crippen LogP contribution in [0.15, 0.2) is 34.8 Å². The van der Waals surface area contributed by atoms with Crippen molar-refractivity contribution in [3.63, 3.8) is 0 Å². The van der Waals surface area contributed by atoms with E-state index >= 15 is 0 Å². The molecule has 2 heterocycles. The first-order valence-corrected chi connectivity index (χ1v) is 5.27. The highest BCUT2D eigenvalue weighted by Gasteiger charge is 2.07. The molecule has 1 nitrogen and oxygen atoms in total. The molecular weight excluding hydrogens is 168 g/mol. The summed E-state index contributed by atoms with van der Waals surface area (Å²) in [5.74, 6) is 1.11. The van der Waals surface area contributed by atoms with E-state index in [2.05, 4.69) is 23.6 Å². The molecule has 64 valence electrons. The molecule has 0 unspecified atom stereocenters. The predicted octanol–water partition coefficient (Wildman–Crippen LogP) is 2.52. The van der Waals surface area contributed by atoms with E-state index in [-0.39, 0.29) is 0 Å². The maximum atomic E-state index is 5.38. The zero-order valence-corrected chi connectivity index (χ0v) is 7.77. The normalized spacial score (nSPS) is 23.3. The van der Waals surface area contributed by atoms with Gasteiger partial charge in [-0.2, -0.15) is 0 Å². The van der Waals surface area contributed by atoms with Gasteiger partial charge < -0.3 is 4.74 Å². The minimum Gasteiger partial charge on any atom is -0.376 e. The molecule has 0 saturated heterocycles. The molecule has 0 fully saturated rings. The first kappa shape index (κ1) is 8.14. The second-order valence-electron chi connectivity index (χ2n) is 2.88. The van der Waals surface area contributed by atoms with Crippen molar-refractivity contribution in [2.75, 3.05) is 19.0 Å². The van der Waals surface area contributed by atoms with Crippen LogP contribution in [0.1, 0.15) is 6.42 Å². The molecule has 2 rings (SSSR count). The van der Waals surface area contributed by atoms with E-state index in [0.29, 0.717) is 0 Å². The van der Waals surface area contributed by atoms with Crippen LogP contribution in [0, 0.1) is 0 Å². The zero-order chi connectivity index (χ0) is 8.23. The summed E-state index contributed by atoms with van der Waals surface area (Å²) in [4.78, 5) is 0. The third kappa shape index (κ3) is 1.82. The number of thioether (sulfide) groups is 1. The molecule has 0 radical (unpaired) electrons. The number of hydrogen-bond acceptors (Lipinski definition) is 2. The predicted molar refractivity (Wildman–Crippen MR) is 53.2 cm³/mol. The smallest absolute Gasteiger partial charge is 0.0719 e. The van der Waals surface area contributed by atoms with Crippen molar-refractivity contribution in [1.29, 1.82) is 0 Å². The summed E-state index contributed by atoms with van der Waals surface area (Å²) in [5.41, 5.74) is 2.69. The minimum atomic E-state index is 0.788. The molecule has 0 aromatic rings. The van der Waals surface area contributed by atoms with E-state index in [1.807, 2.05) is 11.8 Å². The lowest BCUT2D eigenvalue weighted by molar-refractivity contribution is 0.152. The van der Waals surface area contributed by atoms with E-state index in [1.54, 1.807) is 0 Å². The van der Waals surface area contributed by atoms with Crippen LogP contribution in [0.2, 0.25) is 0 Å². The van der Waals surface area contributed by atoms with Crippen LogP contribution in [0.4, 0.5) is 0 Å². The average molecular weight is 180 g/mol. The number of hydrogen-bond donors (Lipinski definition) is 0. The molecule has 0 aliphatic carbocycles. The topological polar surface area (TPSA) is 9.23 Å². The summed E-state index contributed by atoms with van der Waals surface area (Å²) >= 11 is 1.85. The van der Waals surface area contributed by atoms with Crippen molar-refractivity contribution >= 4 is 11.8 Å². The average Bonchev–Trinajstić information content (AvgIpc) is 2.21. The Labute approximate surface area is 77.2 Å². The van der Waals surface area contributed by atoms with Crippen molar-refractivity contribution in [2.45, 2.75) is 6.42 Å². The van der Waals surface area contributed by atoms with Gasteiger partial charge in [0.15, 0.2) is 0 Å². The van der Waals surface area contributed by atoms with Gasteiger partial charge in [-0.1, -0.05) is 18.2 Å². The Morgan fingerprint density at radius 3 is 3.08 bits per heavy atom. The van der Waals surface area contributed by atoms with Gasteiger partial charge in [0.05, 0.1) is 13.2 Å². The summed E-state index contributed by atoms with van der Waals surface area (Å²) in [5, 5.41) is 2.22. The van der Waals surface area contributed by atoms with Gasteiger partial charge in [-0.05, 0) is 23.0 Å². The summed E-state index contributed by atoms with van der Waals surface area (Å²) < 4.78 is 5.38. The van der Waals surface area contributed by atoms with Crippen LogP contribution in [-0.2, 0) is 4.74 Å². The molecule has 12 heavy (non-hydrogen) atoms. The number of ether oxygens (including phenoxy) is 1. The van der Waals surface area contributed by atoms with Crippen molar-refractivity contribution < 1.29 is 4.74 Å². The SMILES string of the molecule is C1=CC(C2=CCCOC2)=CSC1. The fraction of sp³-hybridized carbons (Fsp3) is 0.400. The standard InChI is InChI=1S/C10H12OS/c1-3-9(7-11-5-1)10-4-2-6-12-8-10/h2-4,8H,1,5-7H2. The van der Waals surface area contributed by atoms with Crippen LogP contribution in [0.5, 0.6) is 0 Å². The van der Waals surface area contributed by atoms with Crippen LogP contribution in [0.3, 0.4) is 0 Å². The highest BCUT2D eigenvalue weighted by atomic mass is 32.2. The first-order chi connectivity index (χ1) is 5.97. The first-order valence-electron chi connectivity index (χ1n) is 4.22. The van der Waals surface area contributed by atoms with Crippen molar-refractivity contribution in [1.82, 2.24) is 0 Å². The van der Waals surface area contributed by atoms with Crippen molar-refractivity contribution in [3.8, 4) is 0 Å². The molecule has 0 spiro atoms. The van der Waals surface area contributed by atoms with Gasteiger partial charge in [-0.25, -0.2) is 0 Å². The lowest BCUT2D eigenvalue weighted by Crippen LogP contribution is -2.07. The molecule has 2 aliphatic heterocycles. The lowest BCUT2D eigenvalue weighted by Gasteiger charge is -2.15. The van der Waals surface area contributed by atoms with Crippen LogP contribution < -0.4 is 0 Å². The van der Waals surface area contributed by atoms with E-state index in [1.165, 1.54) is 11.1 Å². The summed E-state index contributed by atoms with van der Waals surface area (Å²) in [6, 6.07) is 0. The summed E-state index contributed by atoms with van der Waals surface area (Å²) in [7, 11) is 0. The Bertz CT molecular complexity index is 251. The Balaban J connectivity index is 2.12. The third-order valence-electron chi connectivity index (χ3n) is 1.98. The van der Waals surface area contributed by atoms with Gasteiger partial charge in [-0.15, -0.1) is 11.8 Å². The molecule has 0 atom stereocenters. The molecule has 0 bridgehead atoms. The van der Waals surface area contributed by atoms with Gasteiger partial charge in [0, 0.05) is 5.75 Å². The van der Waals surface area contributed by atoms with Gasteiger partial charge in [0.2, 0.25) is 0 Å². The van der Waals surface area contributed by atoms with E-state index < -0.39 is 0 Å². The van der Waals surface area contributed by atoms with Crippen LogP contribution in [-0.4, -0.2) is 19.0 Å². The van der Waals surface area contributed by atoms with Gasteiger partial charge in [-0.3, -0.25) is 0 Å².